The standard InChI is InChI=1S/C51H32N2S/c1-3-11-33(12-4-1)40-29-45(35-14-5-2-6-15-35)51(52-32-40)39-22-26-47-46(28-39)42-24-21-38(37-20-19-34-13-7-8-16-36(34)27-37)30-48(42)53(47)41-23-25-44-43-17-9-10-18-49(43)54-50(44)31-41/h1-32H. The Morgan fingerprint density at radius 3 is 1.93 bits per heavy atom. The summed E-state index contributed by atoms with van der Waals surface area (Å²) in [5.41, 5.74) is 12.5. The monoisotopic (exact) mass is 704 g/mol. The van der Waals surface area contributed by atoms with Crippen molar-refractivity contribution in [3.63, 3.8) is 0 Å². The Morgan fingerprint density at radius 2 is 1.06 bits per heavy atom. The smallest absolute Gasteiger partial charge is 0.0780 e. The molecular formula is C51H32N2S. The molecule has 11 aromatic rings. The summed E-state index contributed by atoms with van der Waals surface area (Å²) in [6.45, 7) is 0. The fourth-order valence-electron chi connectivity index (χ4n) is 8.17. The van der Waals surface area contributed by atoms with Crippen molar-refractivity contribution < 1.29 is 0 Å². The molecule has 0 N–H and O–H groups in total. The molecule has 8 aromatic carbocycles. The van der Waals surface area contributed by atoms with Gasteiger partial charge in [0.15, 0.2) is 0 Å². The first-order valence-electron chi connectivity index (χ1n) is 18.4. The molecule has 3 aromatic heterocycles. The summed E-state index contributed by atoms with van der Waals surface area (Å²) < 4.78 is 5.06. The van der Waals surface area contributed by atoms with Crippen molar-refractivity contribution in [1.82, 2.24) is 9.55 Å². The predicted octanol–water partition coefficient (Wildman–Crippen LogP) is 14.4. The molecule has 0 spiro atoms. The molecule has 0 amide bonds. The van der Waals surface area contributed by atoms with E-state index in [1.54, 1.807) is 0 Å². The molecule has 0 radical (unpaired) electrons. The summed E-state index contributed by atoms with van der Waals surface area (Å²) in [6.07, 6.45) is 2.01. The molecule has 0 aliphatic rings. The van der Waals surface area contributed by atoms with Crippen molar-refractivity contribution in [3.8, 4) is 50.3 Å². The van der Waals surface area contributed by atoms with Gasteiger partial charge in [0, 0.05) is 59.5 Å². The van der Waals surface area contributed by atoms with Crippen LogP contribution in [0.4, 0.5) is 0 Å². The van der Waals surface area contributed by atoms with E-state index in [1.165, 1.54) is 63.9 Å². The predicted molar refractivity (Wildman–Crippen MR) is 231 cm³/mol. The van der Waals surface area contributed by atoms with Gasteiger partial charge in [-0.1, -0.05) is 140 Å². The first-order valence-corrected chi connectivity index (χ1v) is 19.2. The highest BCUT2D eigenvalue weighted by Gasteiger charge is 2.18. The molecule has 11 rings (SSSR count). The van der Waals surface area contributed by atoms with Gasteiger partial charge >= 0.3 is 0 Å². The fraction of sp³-hybridized carbons (Fsp3) is 0. The van der Waals surface area contributed by atoms with Gasteiger partial charge in [0.1, 0.15) is 0 Å². The van der Waals surface area contributed by atoms with Gasteiger partial charge in [-0.25, -0.2) is 0 Å². The molecule has 0 saturated heterocycles. The highest BCUT2D eigenvalue weighted by molar-refractivity contribution is 7.25. The van der Waals surface area contributed by atoms with E-state index in [0.717, 1.165) is 39.2 Å². The number of hydrogen-bond acceptors (Lipinski definition) is 2. The number of benzene rings is 8. The summed E-state index contributed by atoms with van der Waals surface area (Å²) in [5, 5.41) is 7.54. The quantitative estimate of drug-likeness (QED) is 0.174. The summed E-state index contributed by atoms with van der Waals surface area (Å²) >= 11 is 1.86. The normalized spacial score (nSPS) is 11.7. The molecule has 2 nitrogen and oxygen atoms in total. The number of rotatable bonds is 5. The van der Waals surface area contributed by atoms with E-state index in [4.69, 9.17) is 4.98 Å². The van der Waals surface area contributed by atoms with Gasteiger partial charge in [0.2, 0.25) is 0 Å². The Hall–Kier alpha value is -6.81. The number of fused-ring (bicyclic) bond motifs is 7. The van der Waals surface area contributed by atoms with Crippen LogP contribution in [0.5, 0.6) is 0 Å². The summed E-state index contributed by atoms with van der Waals surface area (Å²) in [5.74, 6) is 0. The van der Waals surface area contributed by atoms with Crippen LogP contribution in [-0.4, -0.2) is 9.55 Å². The third-order valence-corrected chi connectivity index (χ3v) is 12.0. The van der Waals surface area contributed by atoms with Crippen LogP contribution in [-0.2, 0) is 0 Å². The SMILES string of the molecule is c1ccc(-c2cnc(-c3ccc4c(c3)c3ccc(-c5ccc6ccccc6c5)cc3n4-c3ccc4c(c3)sc3ccccc34)c(-c3ccccc3)c2)cc1. The third-order valence-electron chi connectivity index (χ3n) is 10.8. The minimum absolute atomic E-state index is 0.975. The summed E-state index contributed by atoms with van der Waals surface area (Å²) in [4.78, 5) is 5.18. The Kier molecular flexibility index (Phi) is 7.07. The van der Waals surface area contributed by atoms with Crippen molar-refractivity contribution in [2.45, 2.75) is 0 Å². The van der Waals surface area contributed by atoms with Crippen molar-refractivity contribution in [2.75, 3.05) is 0 Å². The van der Waals surface area contributed by atoms with E-state index in [2.05, 4.69) is 193 Å². The van der Waals surface area contributed by atoms with Crippen molar-refractivity contribution in [3.05, 3.63) is 194 Å². The van der Waals surface area contributed by atoms with E-state index in [-0.39, 0.29) is 0 Å². The Morgan fingerprint density at radius 1 is 0.370 bits per heavy atom. The van der Waals surface area contributed by atoms with E-state index >= 15 is 0 Å². The first-order chi connectivity index (χ1) is 26.7. The Balaban J connectivity index is 1.14. The minimum Gasteiger partial charge on any atom is -0.309 e. The molecule has 252 valence electrons. The third kappa shape index (κ3) is 5.05. The van der Waals surface area contributed by atoms with Crippen molar-refractivity contribution in [2.24, 2.45) is 0 Å². The van der Waals surface area contributed by atoms with Gasteiger partial charge < -0.3 is 4.57 Å². The molecule has 3 heteroatoms. The lowest BCUT2D eigenvalue weighted by Crippen LogP contribution is -1.94. The maximum Gasteiger partial charge on any atom is 0.0780 e. The van der Waals surface area contributed by atoms with Crippen molar-refractivity contribution >= 4 is 64.1 Å². The summed E-state index contributed by atoms with van der Waals surface area (Å²) in [7, 11) is 0. The maximum atomic E-state index is 5.18. The fourth-order valence-corrected chi connectivity index (χ4v) is 9.31. The second-order valence-electron chi connectivity index (χ2n) is 14.0. The lowest BCUT2D eigenvalue weighted by molar-refractivity contribution is 1.19. The van der Waals surface area contributed by atoms with Crippen molar-refractivity contribution in [1.29, 1.82) is 0 Å². The van der Waals surface area contributed by atoms with Crippen LogP contribution in [0.25, 0.3) is 103 Å². The van der Waals surface area contributed by atoms with Crippen LogP contribution in [0.15, 0.2) is 194 Å². The van der Waals surface area contributed by atoms with Crippen LogP contribution >= 0.6 is 11.3 Å². The van der Waals surface area contributed by atoms with Gasteiger partial charge in [-0.05, 0) is 81.6 Å². The second kappa shape index (κ2) is 12.4. The Labute approximate surface area is 316 Å². The van der Waals surface area contributed by atoms with Gasteiger partial charge in [-0.3, -0.25) is 4.98 Å². The van der Waals surface area contributed by atoms with Crippen LogP contribution in [0, 0.1) is 0 Å². The molecule has 0 bridgehead atoms. The average molecular weight is 705 g/mol. The van der Waals surface area contributed by atoms with E-state index in [0.29, 0.717) is 0 Å². The molecule has 0 fully saturated rings. The molecule has 0 unspecified atom stereocenters. The van der Waals surface area contributed by atoms with Gasteiger partial charge in [0.25, 0.3) is 0 Å². The zero-order valence-electron chi connectivity index (χ0n) is 29.3. The first kappa shape index (κ1) is 30.8. The Bertz CT molecular complexity index is 3210. The molecule has 3 heterocycles. The lowest BCUT2D eigenvalue weighted by atomic mass is 9.95. The average Bonchev–Trinajstić information content (AvgIpc) is 3.78. The van der Waals surface area contributed by atoms with E-state index in [9.17, 15) is 0 Å². The molecule has 0 aliphatic carbocycles. The lowest BCUT2D eigenvalue weighted by Gasteiger charge is -2.13. The largest absolute Gasteiger partial charge is 0.309 e. The number of pyridine rings is 1. The molecule has 0 saturated carbocycles. The second-order valence-corrected chi connectivity index (χ2v) is 15.1. The van der Waals surface area contributed by atoms with Crippen LogP contribution in [0.2, 0.25) is 0 Å². The van der Waals surface area contributed by atoms with E-state index in [1.807, 2.05) is 17.5 Å². The highest BCUT2D eigenvalue weighted by atomic mass is 32.1. The number of hydrogen-bond donors (Lipinski definition) is 0. The molecule has 0 atom stereocenters. The van der Waals surface area contributed by atoms with Gasteiger partial charge in [0.05, 0.1) is 16.7 Å². The highest BCUT2D eigenvalue weighted by Crippen LogP contribution is 2.41. The zero-order valence-corrected chi connectivity index (χ0v) is 30.1. The minimum atomic E-state index is 0.975. The number of aromatic nitrogens is 2. The number of nitrogens with zero attached hydrogens (tertiary/aromatic N) is 2. The van der Waals surface area contributed by atoms with Gasteiger partial charge in [-0.2, -0.15) is 0 Å². The van der Waals surface area contributed by atoms with Crippen LogP contribution in [0.1, 0.15) is 0 Å². The number of thiophene rings is 1. The van der Waals surface area contributed by atoms with Crippen LogP contribution in [0.3, 0.4) is 0 Å². The topological polar surface area (TPSA) is 17.8 Å². The summed E-state index contributed by atoms with van der Waals surface area (Å²) in [6, 6.07) is 68.3. The van der Waals surface area contributed by atoms with E-state index < -0.39 is 0 Å². The maximum absolute atomic E-state index is 5.18. The zero-order chi connectivity index (χ0) is 35.6. The molecule has 54 heavy (non-hydrogen) atoms. The molecular weight excluding hydrogens is 673 g/mol. The molecule has 0 aliphatic heterocycles. The van der Waals surface area contributed by atoms with Gasteiger partial charge in [-0.15, -0.1) is 11.3 Å². The van der Waals surface area contributed by atoms with Crippen LogP contribution < -0.4 is 0 Å².